The molecule has 0 radical (unpaired) electrons. The molecule has 128 valence electrons. The van der Waals surface area contributed by atoms with Gasteiger partial charge in [-0.15, -0.1) is 12.4 Å². The minimum absolute atomic E-state index is 0. The highest BCUT2D eigenvalue weighted by molar-refractivity contribution is 5.95. The number of nitrogens with one attached hydrogen (secondary N) is 2. The van der Waals surface area contributed by atoms with E-state index in [1.807, 2.05) is 6.07 Å². The molecule has 1 unspecified atom stereocenters. The Bertz CT molecular complexity index is 551. The van der Waals surface area contributed by atoms with Crippen LogP contribution >= 0.6 is 12.4 Å². The van der Waals surface area contributed by atoms with E-state index in [1.54, 1.807) is 18.2 Å². The molecule has 1 saturated carbocycles. The number of carbonyl (C=O) groups is 1. The highest BCUT2D eigenvalue weighted by Gasteiger charge is 2.42. The fourth-order valence-corrected chi connectivity index (χ4v) is 2.98. The number of ether oxygens (including phenoxy) is 1. The maximum Gasteiger partial charge on any atom is 0.262 e. The van der Waals surface area contributed by atoms with E-state index < -0.39 is 30.8 Å². The summed E-state index contributed by atoms with van der Waals surface area (Å²) in [5, 5.41) is 5.22. The van der Waals surface area contributed by atoms with E-state index in [4.69, 9.17) is 4.74 Å². The SMILES string of the molecule is Cl.O=C(Nc1cccc(OC2CCCC2)c1)C1CC(F)(F)CN1. The van der Waals surface area contributed by atoms with Gasteiger partial charge in [0, 0.05) is 18.2 Å². The lowest BCUT2D eigenvalue weighted by Gasteiger charge is -2.15. The highest BCUT2D eigenvalue weighted by atomic mass is 35.5. The van der Waals surface area contributed by atoms with Crippen LogP contribution in [0.4, 0.5) is 14.5 Å². The van der Waals surface area contributed by atoms with Crippen molar-refractivity contribution < 1.29 is 18.3 Å². The zero-order valence-corrected chi connectivity index (χ0v) is 13.5. The Kier molecular flexibility index (Phi) is 5.81. The summed E-state index contributed by atoms with van der Waals surface area (Å²) < 4.78 is 32.1. The first-order valence-corrected chi connectivity index (χ1v) is 7.71. The second-order valence-electron chi connectivity index (χ2n) is 6.03. The van der Waals surface area contributed by atoms with E-state index >= 15 is 0 Å². The summed E-state index contributed by atoms with van der Waals surface area (Å²) in [5.74, 6) is -2.54. The predicted octanol–water partition coefficient (Wildman–Crippen LogP) is 3.37. The van der Waals surface area contributed by atoms with Gasteiger partial charge in [0.2, 0.25) is 5.91 Å². The molecule has 2 fully saturated rings. The Labute approximate surface area is 140 Å². The molecule has 4 nitrogen and oxygen atoms in total. The standard InChI is InChI=1S/C16H20F2N2O2.ClH/c17-16(18)9-14(19-10-16)15(21)20-11-4-3-7-13(8-11)22-12-5-1-2-6-12;/h3-4,7-8,12,14,19H,1-2,5-6,9-10H2,(H,20,21);1H. The number of carbonyl (C=O) groups excluding carboxylic acids is 1. The van der Waals surface area contributed by atoms with Gasteiger partial charge in [0.15, 0.2) is 0 Å². The van der Waals surface area contributed by atoms with Crippen LogP contribution in [0, 0.1) is 0 Å². The van der Waals surface area contributed by atoms with Crippen molar-refractivity contribution in [2.24, 2.45) is 0 Å². The van der Waals surface area contributed by atoms with Gasteiger partial charge in [0.25, 0.3) is 5.92 Å². The molecule has 2 aliphatic rings. The lowest BCUT2D eigenvalue weighted by Crippen LogP contribution is -2.35. The molecule has 0 bridgehead atoms. The van der Waals surface area contributed by atoms with Gasteiger partial charge in [0.05, 0.1) is 18.7 Å². The van der Waals surface area contributed by atoms with Crippen molar-refractivity contribution in [2.45, 2.75) is 50.2 Å². The van der Waals surface area contributed by atoms with Crippen molar-refractivity contribution in [3.05, 3.63) is 24.3 Å². The third kappa shape index (κ3) is 4.78. The molecular weight excluding hydrogens is 326 g/mol. The van der Waals surface area contributed by atoms with Crippen molar-refractivity contribution in [1.82, 2.24) is 5.32 Å². The summed E-state index contributed by atoms with van der Waals surface area (Å²) in [6.45, 7) is -0.448. The third-order valence-corrected chi connectivity index (χ3v) is 4.13. The average molecular weight is 347 g/mol. The molecule has 7 heteroatoms. The van der Waals surface area contributed by atoms with Crippen molar-refractivity contribution in [3.63, 3.8) is 0 Å². The highest BCUT2D eigenvalue weighted by Crippen LogP contribution is 2.27. The van der Waals surface area contributed by atoms with Gasteiger partial charge in [-0.3, -0.25) is 10.1 Å². The number of amides is 1. The van der Waals surface area contributed by atoms with Crippen molar-refractivity contribution in [2.75, 3.05) is 11.9 Å². The van der Waals surface area contributed by atoms with E-state index in [1.165, 1.54) is 12.8 Å². The lowest BCUT2D eigenvalue weighted by atomic mass is 10.2. The zero-order valence-electron chi connectivity index (χ0n) is 12.7. The Morgan fingerprint density at radius 1 is 1.30 bits per heavy atom. The normalized spacial score (nSPS) is 23.3. The van der Waals surface area contributed by atoms with Crippen LogP contribution in [0.15, 0.2) is 24.3 Å². The Balaban J connectivity index is 0.00000192. The van der Waals surface area contributed by atoms with Gasteiger partial charge in [-0.2, -0.15) is 0 Å². The number of alkyl halides is 2. The molecule has 1 atom stereocenters. The Morgan fingerprint density at radius 3 is 2.70 bits per heavy atom. The summed E-state index contributed by atoms with van der Waals surface area (Å²) in [7, 11) is 0. The monoisotopic (exact) mass is 346 g/mol. The first kappa shape index (κ1) is 17.9. The van der Waals surface area contributed by atoms with Gasteiger partial charge in [-0.05, 0) is 37.8 Å². The molecule has 1 amide bonds. The third-order valence-electron chi connectivity index (χ3n) is 4.13. The number of hydrogen-bond acceptors (Lipinski definition) is 3. The van der Waals surface area contributed by atoms with Crippen LogP contribution in [-0.2, 0) is 4.79 Å². The molecule has 2 N–H and O–H groups in total. The summed E-state index contributed by atoms with van der Waals surface area (Å²) in [6.07, 6.45) is 4.25. The van der Waals surface area contributed by atoms with Gasteiger partial charge in [0.1, 0.15) is 5.75 Å². The van der Waals surface area contributed by atoms with Crippen LogP contribution < -0.4 is 15.4 Å². The minimum atomic E-state index is -2.81. The number of benzene rings is 1. The molecule has 1 saturated heterocycles. The largest absolute Gasteiger partial charge is 0.490 e. The summed E-state index contributed by atoms with van der Waals surface area (Å²) >= 11 is 0. The van der Waals surface area contributed by atoms with E-state index in [2.05, 4.69) is 10.6 Å². The van der Waals surface area contributed by atoms with Crippen LogP contribution in [0.3, 0.4) is 0 Å². The fraction of sp³-hybridized carbons (Fsp3) is 0.562. The predicted molar refractivity (Wildman–Crippen MR) is 86.6 cm³/mol. The van der Waals surface area contributed by atoms with E-state index in [9.17, 15) is 13.6 Å². The number of rotatable bonds is 4. The van der Waals surface area contributed by atoms with E-state index in [0.29, 0.717) is 11.4 Å². The minimum Gasteiger partial charge on any atom is -0.490 e. The average Bonchev–Trinajstić information content (AvgIpc) is 3.08. The van der Waals surface area contributed by atoms with Crippen molar-refractivity contribution in [1.29, 1.82) is 0 Å². The van der Waals surface area contributed by atoms with Crippen LogP contribution in [-0.4, -0.2) is 30.5 Å². The molecule has 3 rings (SSSR count). The fourth-order valence-electron chi connectivity index (χ4n) is 2.98. The van der Waals surface area contributed by atoms with Crippen LogP contribution in [0.2, 0.25) is 0 Å². The van der Waals surface area contributed by atoms with E-state index in [-0.39, 0.29) is 18.5 Å². The molecule has 23 heavy (non-hydrogen) atoms. The Hall–Kier alpha value is -1.40. The number of hydrogen-bond donors (Lipinski definition) is 2. The number of halogens is 3. The molecule has 1 aromatic rings. The first-order chi connectivity index (χ1) is 10.5. The van der Waals surface area contributed by atoms with Crippen molar-refractivity contribution >= 4 is 24.0 Å². The summed E-state index contributed by atoms with van der Waals surface area (Å²) in [5.41, 5.74) is 0.567. The molecule has 1 heterocycles. The van der Waals surface area contributed by atoms with Gasteiger partial charge in [-0.25, -0.2) is 8.78 Å². The smallest absolute Gasteiger partial charge is 0.262 e. The number of anilines is 1. The maximum absolute atomic E-state index is 13.1. The molecule has 1 aliphatic carbocycles. The molecular formula is C16H21ClF2N2O2. The molecule has 1 aliphatic heterocycles. The van der Waals surface area contributed by atoms with Gasteiger partial charge >= 0.3 is 0 Å². The Morgan fingerprint density at radius 2 is 2.04 bits per heavy atom. The molecule has 0 aromatic heterocycles. The second-order valence-corrected chi connectivity index (χ2v) is 6.03. The first-order valence-electron chi connectivity index (χ1n) is 7.71. The van der Waals surface area contributed by atoms with E-state index in [0.717, 1.165) is 12.8 Å². The van der Waals surface area contributed by atoms with Crippen LogP contribution in [0.5, 0.6) is 5.75 Å². The molecule has 1 aromatic carbocycles. The quantitative estimate of drug-likeness (QED) is 0.879. The summed E-state index contributed by atoms with van der Waals surface area (Å²) in [4.78, 5) is 12.0. The van der Waals surface area contributed by atoms with Gasteiger partial charge < -0.3 is 10.1 Å². The maximum atomic E-state index is 13.1. The lowest BCUT2D eigenvalue weighted by molar-refractivity contribution is -0.118. The molecule has 0 spiro atoms. The second kappa shape index (κ2) is 7.45. The van der Waals surface area contributed by atoms with Crippen molar-refractivity contribution in [3.8, 4) is 5.75 Å². The van der Waals surface area contributed by atoms with Crippen LogP contribution in [0.1, 0.15) is 32.1 Å². The van der Waals surface area contributed by atoms with Crippen LogP contribution in [0.25, 0.3) is 0 Å². The summed E-state index contributed by atoms with van der Waals surface area (Å²) in [6, 6.07) is 6.25. The zero-order chi connectivity index (χ0) is 15.6. The topological polar surface area (TPSA) is 50.4 Å². The van der Waals surface area contributed by atoms with Gasteiger partial charge in [-0.1, -0.05) is 6.07 Å².